The third kappa shape index (κ3) is 5.49. The van der Waals surface area contributed by atoms with Gasteiger partial charge in [-0.1, -0.05) is 37.6 Å². The zero-order valence-corrected chi connectivity index (χ0v) is 15.3. The van der Waals surface area contributed by atoms with Crippen LogP contribution in [0.5, 0.6) is 0 Å². The number of piperidine rings is 1. The number of likely N-dealkylation sites (tertiary alicyclic amines) is 1. The molecule has 0 bridgehead atoms. The van der Waals surface area contributed by atoms with E-state index < -0.39 is 0 Å². The van der Waals surface area contributed by atoms with Gasteiger partial charge in [-0.2, -0.15) is 0 Å². The van der Waals surface area contributed by atoms with Gasteiger partial charge in [0.15, 0.2) is 0 Å². The second kappa shape index (κ2) is 8.49. The molecule has 5 nitrogen and oxygen atoms in total. The molecule has 0 saturated carbocycles. The highest BCUT2D eigenvalue weighted by atomic mass is 35.5. The van der Waals surface area contributed by atoms with Crippen LogP contribution in [0, 0.1) is 11.8 Å². The van der Waals surface area contributed by atoms with Crippen LogP contribution >= 0.6 is 11.6 Å². The Bertz CT molecular complexity index is 583. The fourth-order valence-electron chi connectivity index (χ4n) is 3.29. The van der Waals surface area contributed by atoms with Crippen LogP contribution in [-0.4, -0.2) is 54.8 Å². The molecular formula is C18H26ClN3O2. The van der Waals surface area contributed by atoms with Gasteiger partial charge in [-0.15, -0.1) is 0 Å². The Hall–Kier alpha value is -1.59. The number of carbonyl (C=O) groups is 2. The van der Waals surface area contributed by atoms with Crippen molar-refractivity contribution in [3.8, 4) is 0 Å². The Morgan fingerprint density at radius 2 is 1.88 bits per heavy atom. The lowest BCUT2D eigenvalue weighted by atomic mass is 9.92. The lowest BCUT2D eigenvalue weighted by molar-refractivity contribution is -0.134. The van der Waals surface area contributed by atoms with E-state index in [2.05, 4.69) is 24.1 Å². The maximum atomic E-state index is 12.4. The number of halogens is 1. The molecule has 2 atom stereocenters. The minimum atomic E-state index is -0.251. The summed E-state index contributed by atoms with van der Waals surface area (Å²) in [4.78, 5) is 28.1. The summed E-state index contributed by atoms with van der Waals surface area (Å²) in [6.45, 7) is 6.70. The summed E-state index contributed by atoms with van der Waals surface area (Å²) in [5.41, 5.74) is 0.559. The molecule has 0 aromatic heterocycles. The molecular weight excluding hydrogens is 326 g/mol. The quantitative estimate of drug-likeness (QED) is 0.887. The zero-order chi connectivity index (χ0) is 17.7. The number of rotatable bonds is 5. The number of para-hydroxylation sites is 1. The van der Waals surface area contributed by atoms with Crippen molar-refractivity contribution in [2.45, 2.75) is 20.3 Å². The number of benzene rings is 1. The summed E-state index contributed by atoms with van der Waals surface area (Å²) in [7, 11) is 1.66. The molecule has 1 saturated heterocycles. The van der Waals surface area contributed by atoms with Crippen molar-refractivity contribution in [1.29, 1.82) is 0 Å². The maximum absolute atomic E-state index is 12.4. The Morgan fingerprint density at radius 3 is 2.50 bits per heavy atom. The van der Waals surface area contributed by atoms with Gasteiger partial charge in [0.2, 0.25) is 11.8 Å². The Balaban J connectivity index is 1.82. The molecule has 1 aliphatic heterocycles. The average molecular weight is 352 g/mol. The van der Waals surface area contributed by atoms with Gasteiger partial charge in [-0.05, 0) is 30.4 Å². The van der Waals surface area contributed by atoms with Crippen LogP contribution in [-0.2, 0) is 9.59 Å². The predicted molar refractivity (Wildman–Crippen MR) is 97.1 cm³/mol. The first-order valence-electron chi connectivity index (χ1n) is 8.36. The molecule has 2 amide bonds. The Labute approximate surface area is 149 Å². The van der Waals surface area contributed by atoms with Gasteiger partial charge in [0, 0.05) is 20.1 Å². The lowest BCUT2D eigenvalue weighted by Crippen LogP contribution is -2.46. The average Bonchev–Trinajstić information content (AvgIpc) is 2.48. The van der Waals surface area contributed by atoms with Gasteiger partial charge in [-0.25, -0.2) is 0 Å². The molecule has 1 aromatic carbocycles. The molecule has 0 spiro atoms. The summed E-state index contributed by atoms with van der Waals surface area (Å²) < 4.78 is 0. The molecule has 24 heavy (non-hydrogen) atoms. The van der Waals surface area contributed by atoms with Gasteiger partial charge < -0.3 is 10.2 Å². The summed E-state index contributed by atoms with van der Waals surface area (Å²) >= 11 is 6.02. The van der Waals surface area contributed by atoms with E-state index >= 15 is 0 Å². The van der Waals surface area contributed by atoms with Crippen molar-refractivity contribution < 1.29 is 9.59 Å². The number of hydrogen-bond acceptors (Lipinski definition) is 3. The van der Waals surface area contributed by atoms with Crippen molar-refractivity contribution in [1.82, 2.24) is 9.80 Å². The number of carbonyl (C=O) groups excluding carboxylic acids is 2. The summed E-state index contributed by atoms with van der Waals surface area (Å²) in [5.74, 6) is 0.927. The fourth-order valence-corrected chi connectivity index (χ4v) is 3.47. The van der Waals surface area contributed by atoms with E-state index in [0.29, 0.717) is 29.1 Å². The van der Waals surface area contributed by atoms with Crippen LogP contribution in [0.1, 0.15) is 20.3 Å². The van der Waals surface area contributed by atoms with E-state index in [0.717, 1.165) is 13.1 Å². The number of anilines is 1. The number of nitrogens with zero attached hydrogens (tertiary/aromatic N) is 2. The van der Waals surface area contributed by atoms with Crippen molar-refractivity contribution in [3.63, 3.8) is 0 Å². The molecule has 1 N–H and O–H groups in total. The normalized spacial score (nSPS) is 21.3. The van der Waals surface area contributed by atoms with Gasteiger partial charge in [0.25, 0.3) is 0 Å². The fraction of sp³-hybridized carbons (Fsp3) is 0.556. The van der Waals surface area contributed by atoms with Crippen molar-refractivity contribution in [2.75, 3.05) is 38.5 Å². The first kappa shape index (κ1) is 18.7. The van der Waals surface area contributed by atoms with Crippen molar-refractivity contribution in [3.05, 3.63) is 29.3 Å². The molecule has 0 aliphatic carbocycles. The second-order valence-electron chi connectivity index (χ2n) is 6.92. The van der Waals surface area contributed by atoms with Crippen LogP contribution in [0.25, 0.3) is 0 Å². The van der Waals surface area contributed by atoms with Gasteiger partial charge in [0.05, 0.1) is 23.8 Å². The van der Waals surface area contributed by atoms with E-state index in [1.807, 2.05) is 0 Å². The molecule has 1 heterocycles. The van der Waals surface area contributed by atoms with E-state index in [1.54, 1.807) is 31.3 Å². The van der Waals surface area contributed by atoms with Crippen LogP contribution in [0.3, 0.4) is 0 Å². The monoisotopic (exact) mass is 351 g/mol. The Kier molecular flexibility index (Phi) is 6.63. The van der Waals surface area contributed by atoms with Crippen LogP contribution in [0.4, 0.5) is 5.69 Å². The number of amides is 2. The standard InChI is InChI=1S/C18H26ClN3O2/c1-13-8-14(2)10-22(9-13)12-18(24)21(3)11-17(23)20-16-7-5-4-6-15(16)19/h4-7,13-14H,8-12H2,1-3H3,(H,20,23)/t13-,14-/m1/s1. The second-order valence-corrected chi connectivity index (χ2v) is 7.33. The van der Waals surface area contributed by atoms with E-state index in [9.17, 15) is 9.59 Å². The van der Waals surface area contributed by atoms with Gasteiger partial charge in [0.1, 0.15) is 0 Å². The molecule has 1 aromatic rings. The van der Waals surface area contributed by atoms with Gasteiger partial charge in [-0.3, -0.25) is 14.5 Å². The topological polar surface area (TPSA) is 52.7 Å². The smallest absolute Gasteiger partial charge is 0.244 e. The number of nitrogens with one attached hydrogen (secondary N) is 1. The molecule has 6 heteroatoms. The Morgan fingerprint density at radius 1 is 1.25 bits per heavy atom. The van der Waals surface area contributed by atoms with Gasteiger partial charge >= 0.3 is 0 Å². The molecule has 0 radical (unpaired) electrons. The minimum Gasteiger partial charge on any atom is -0.335 e. The third-order valence-corrected chi connectivity index (χ3v) is 4.59. The number of hydrogen-bond donors (Lipinski definition) is 1. The van der Waals surface area contributed by atoms with E-state index in [-0.39, 0.29) is 18.4 Å². The maximum Gasteiger partial charge on any atom is 0.244 e. The highest BCUT2D eigenvalue weighted by molar-refractivity contribution is 6.33. The predicted octanol–water partition coefficient (Wildman–Crippen LogP) is 2.71. The molecule has 132 valence electrons. The number of likely N-dealkylation sites (N-methyl/N-ethyl adjacent to an activating group) is 1. The third-order valence-electron chi connectivity index (χ3n) is 4.26. The summed E-state index contributed by atoms with van der Waals surface area (Å²) in [6.07, 6.45) is 1.21. The molecule has 1 aliphatic rings. The SMILES string of the molecule is C[C@@H]1C[C@@H](C)CN(CC(=O)N(C)CC(=O)Nc2ccccc2Cl)C1. The van der Waals surface area contributed by atoms with Crippen LogP contribution < -0.4 is 5.32 Å². The highest BCUT2D eigenvalue weighted by Crippen LogP contribution is 2.21. The summed E-state index contributed by atoms with van der Waals surface area (Å²) in [5, 5.41) is 3.22. The zero-order valence-electron chi connectivity index (χ0n) is 14.6. The first-order valence-corrected chi connectivity index (χ1v) is 8.73. The van der Waals surface area contributed by atoms with E-state index in [4.69, 9.17) is 11.6 Å². The van der Waals surface area contributed by atoms with Crippen molar-refractivity contribution >= 4 is 29.1 Å². The lowest BCUT2D eigenvalue weighted by Gasteiger charge is -2.35. The van der Waals surface area contributed by atoms with E-state index in [1.165, 1.54) is 11.3 Å². The van der Waals surface area contributed by atoms with Crippen LogP contribution in [0.2, 0.25) is 5.02 Å². The molecule has 0 unspecified atom stereocenters. The summed E-state index contributed by atoms with van der Waals surface area (Å²) in [6, 6.07) is 7.05. The molecule has 1 fully saturated rings. The van der Waals surface area contributed by atoms with Crippen LogP contribution in [0.15, 0.2) is 24.3 Å². The first-order chi connectivity index (χ1) is 11.3. The highest BCUT2D eigenvalue weighted by Gasteiger charge is 2.24. The largest absolute Gasteiger partial charge is 0.335 e. The minimum absolute atomic E-state index is 0.0169. The molecule has 2 rings (SSSR count). The van der Waals surface area contributed by atoms with Crippen molar-refractivity contribution in [2.24, 2.45) is 11.8 Å².